The molecule has 0 aliphatic rings. The van der Waals surface area contributed by atoms with Gasteiger partial charge in [0.2, 0.25) is 0 Å². The van der Waals surface area contributed by atoms with Crippen molar-refractivity contribution in [1.82, 2.24) is 4.98 Å². The number of benzene rings is 2. The van der Waals surface area contributed by atoms with E-state index in [0.717, 1.165) is 5.69 Å². The average molecular weight is 470 g/mol. The molecular formula is C27H29F2NO4. The lowest BCUT2D eigenvalue weighted by Gasteiger charge is -2.21. The predicted molar refractivity (Wildman–Crippen MR) is 126 cm³/mol. The lowest BCUT2D eigenvalue weighted by Crippen LogP contribution is -2.13. The number of ether oxygens (including phenoxy) is 2. The van der Waals surface area contributed by atoms with Gasteiger partial charge in [0, 0.05) is 29.3 Å². The lowest BCUT2D eigenvalue weighted by atomic mass is 9.87. The minimum Gasteiger partial charge on any atom is -0.497 e. The highest BCUT2D eigenvalue weighted by atomic mass is 19.1. The van der Waals surface area contributed by atoms with Crippen LogP contribution in [0.1, 0.15) is 44.1 Å². The van der Waals surface area contributed by atoms with E-state index in [0.29, 0.717) is 40.3 Å². The number of pyridine rings is 1. The summed E-state index contributed by atoms with van der Waals surface area (Å²) in [7, 11) is 1.53. The molecule has 1 N–H and O–H groups in total. The number of halogens is 2. The van der Waals surface area contributed by atoms with E-state index in [1.54, 1.807) is 24.3 Å². The molecule has 0 saturated heterocycles. The Kier molecular flexibility index (Phi) is 7.87. The predicted octanol–water partition coefficient (Wildman–Crippen LogP) is 6.22. The van der Waals surface area contributed by atoms with E-state index >= 15 is 0 Å². The third-order valence-corrected chi connectivity index (χ3v) is 5.14. The zero-order valence-electron chi connectivity index (χ0n) is 19.8. The van der Waals surface area contributed by atoms with Crippen molar-refractivity contribution in [3.05, 3.63) is 77.1 Å². The minimum absolute atomic E-state index is 0.0832. The highest BCUT2D eigenvalue weighted by Crippen LogP contribution is 2.33. The van der Waals surface area contributed by atoms with E-state index < -0.39 is 11.8 Å². The average Bonchev–Trinajstić information content (AvgIpc) is 2.76. The Morgan fingerprint density at radius 2 is 1.76 bits per heavy atom. The number of hydrogen-bond donors (Lipinski definition) is 1. The maximum Gasteiger partial charge on any atom is 0.303 e. The number of aryl methyl sites for hydroxylation is 1. The molecule has 34 heavy (non-hydrogen) atoms. The number of methoxy groups -OCH3 is 1. The number of carboxylic acid groups (broad SMARTS) is 1. The molecule has 1 heterocycles. The third kappa shape index (κ3) is 7.01. The summed E-state index contributed by atoms with van der Waals surface area (Å²) >= 11 is 0. The first-order valence-corrected chi connectivity index (χ1v) is 11.0. The molecule has 0 amide bonds. The maximum absolute atomic E-state index is 14.7. The minimum atomic E-state index is -0.949. The fraction of sp³-hybridized carbons (Fsp3) is 0.333. The van der Waals surface area contributed by atoms with Gasteiger partial charge in [0.05, 0.1) is 12.8 Å². The molecule has 0 unspecified atom stereocenters. The van der Waals surface area contributed by atoms with Gasteiger partial charge in [-0.15, -0.1) is 0 Å². The zero-order chi connectivity index (χ0) is 24.9. The number of carbonyl (C=O) groups is 1. The Hall–Kier alpha value is -3.48. The Morgan fingerprint density at radius 1 is 1.00 bits per heavy atom. The number of hydrogen-bond acceptors (Lipinski definition) is 4. The van der Waals surface area contributed by atoms with Crippen molar-refractivity contribution in [2.45, 2.75) is 46.6 Å². The van der Waals surface area contributed by atoms with Crippen LogP contribution in [0.15, 0.2) is 48.5 Å². The summed E-state index contributed by atoms with van der Waals surface area (Å²) in [6.07, 6.45) is 0.716. The number of nitrogens with zero attached hydrogens (tertiary/aromatic N) is 1. The summed E-state index contributed by atoms with van der Waals surface area (Å²) in [6.45, 7) is 6.32. The van der Waals surface area contributed by atoms with Gasteiger partial charge in [-0.3, -0.25) is 9.78 Å². The molecule has 0 fully saturated rings. The molecule has 2 aromatic carbocycles. The summed E-state index contributed by atoms with van der Waals surface area (Å²) in [6, 6.07) is 12.3. The molecule has 7 heteroatoms. The van der Waals surface area contributed by atoms with Gasteiger partial charge in [-0.1, -0.05) is 26.8 Å². The topological polar surface area (TPSA) is 68.7 Å². The van der Waals surface area contributed by atoms with Crippen LogP contribution in [0.25, 0.3) is 11.1 Å². The van der Waals surface area contributed by atoms with Crippen LogP contribution in [0.5, 0.6) is 11.5 Å². The van der Waals surface area contributed by atoms with Crippen molar-refractivity contribution < 1.29 is 28.2 Å². The fourth-order valence-corrected chi connectivity index (χ4v) is 3.60. The van der Waals surface area contributed by atoms with Crippen molar-refractivity contribution in [2.24, 2.45) is 5.41 Å². The normalized spacial score (nSPS) is 11.4. The van der Waals surface area contributed by atoms with Crippen molar-refractivity contribution >= 4 is 5.97 Å². The van der Waals surface area contributed by atoms with Crippen molar-refractivity contribution in [3.63, 3.8) is 0 Å². The van der Waals surface area contributed by atoms with E-state index in [1.165, 1.54) is 25.3 Å². The highest BCUT2D eigenvalue weighted by Gasteiger charge is 2.19. The fourth-order valence-electron chi connectivity index (χ4n) is 3.60. The SMILES string of the molecule is COc1ccc(F)c(-c2ccc(COc3cc(F)cc(CCC(=O)O)c3)nc2CC(C)(C)C)c1. The number of carboxylic acids is 1. The Balaban J connectivity index is 1.88. The molecule has 0 aliphatic heterocycles. The first kappa shape index (κ1) is 25.1. The van der Waals surface area contributed by atoms with Gasteiger partial charge in [0.15, 0.2) is 0 Å². The van der Waals surface area contributed by atoms with Gasteiger partial charge < -0.3 is 14.6 Å². The van der Waals surface area contributed by atoms with Gasteiger partial charge in [0.25, 0.3) is 0 Å². The second-order valence-corrected chi connectivity index (χ2v) is 9.36. The van der Waals surface area contributed by atoms with Crippen LogP contribution in [-0.4, -0.2) is 23.2 Å². The first-order valence-electron chi connectivity index (χ1n) is 11.0. The molecular weight excluding hydrogens is 440 g/mol. The molecule has 1 aromatic heterocycles. The van der Waals surface area contributed by atoms with E-state index in [4.69, 9.17) is 19.6 Å². The molecule has 3 rings (SSSR count). The second kappa shape index (κ2) is 10.6. The number of aromatic nitrogens is 1. The smallest absolute Gasteiger partial charge is 0.303 e. The third-order valence-electron chi connectivity index (χ3n) is 5.14. The molecule has 0 bridgehead atoms. The quantitative estimate of drug-likeness (QED) is 0.403. The molecule has 0 saturated carbocycles. The number of aliphatic carboxylic acids is 1. The van der Waals surface area contributed by atoms with Crippen LogP contribution < -0.4 is 9.47 Å². The van der Waals surface area contributed by atoms with Gasteiger partial charge >= 0.3 is 5.97 Å². The molecule has 0 aliphatic carbocycles. The summed E-state index contributed by atoms with van der Waals surface area (Å²) < 4.78 is 39.7. The summed E-state index contributed by atoms with van der Waals surface area (Å²) in [5, 5.41) is 8.86. The Labute approximate surface area is 198 Å². The highest BCUT2D eigenvalue weighted by molar-refractivity contribution is 5.68. The molecule has 5 nitrogen and oxygen atoms in total. The Morgan fingerprint density at radius 3 is 2.44 bits per heavy atom. The van der Waals surface area contributed by atoms with Gasteiger partial charge in [-0.2, -0.15) is 0 Å². The van der Waals surface area contributed by atoms with E-state index in [2.05, 4.69) is 20.8 Å². The molecule has 0 spiro atoms. The van der Waals surface area contributed by atoms with Gasteiger partial charge in [0.1, 0.15) is 29.7 Å². The van der Waals surface area contributed by atoms with E-state index in [-0.39, 0.29) is 30.7 Å². The monoisotopic (exact) mass is 469 g/mol. The second-order valence-electron chi connectivity index (χ2n) is 9.36. The summed E-state index contributed by atoms with van der Waals surface area (Å²) in [5.74, 6) is -0.966. The largest absolute Gasteiger partial charge is 0.497 e. The van der Waals surface area contributed by atoms with Gasteiger partial charge in [-0.25, -0.2) is 8.78 Å². The van der Waals surface area contributed by atoms with Crippen molar-refractivity contribution in [2.75, 3.05) is 7.11 Å². The van der Waals surface area contributed by atoms with E-state index in [9.17, 15) is 13.6 Å². The molecule has 0 atom stereocenters. The maximum atomic E-state index is 14.7. The molecule has 0 radical (unpaired) electrons. The molecule has 180 valence electrons. The zero-order valence-corrected chi connectivity index (χ0v) is 19.8. The van der Waals surface area contributed by atoms with E-state index in [1.807, 2.05) is 6.07 Å². The standard InChI is InChI=1S/C27H29F2NO4/c1-27(2,3)15-25-22(23-14-20(33-4)7-9-24(23)29)8-6-19(30-25)16-34-21-12-17(5-10-26(31)32)11-18(28)13-21/h6-9,11-14H,5,10,15-16H2,1-4H3,(H,31,32). The Bertz CT molecular complexity index is 1170. The van der Waals surface area contributed by atoms with Crippen LogP contribution in [-0.2, 0) is 24.2 Å². The van der Waals surface area contributed by atoms with Crippen molar-refractivity contribution in [1.29, 1.82) is 0 Å². The van der Waals surface area contributed by atoms with Crippen LogP contribution in [0.4, 0.5) is 8.78 Å². The summed E-state index contributed by atoms with van der Waals surface area (Å²) in [4.78, 5) is 15.6. The summed E-state index contributed by atoms with van der Waals surface area (Å²) in [5.41, 5.74) is 2.87. The molecule has 3 aromatic rings. The van der Waals surface area contributed by atoms with Crippen molar-refractivity contribution in [3.8, 4) is 22.6 Å². The van der Waals surface area contributed by atoms with Crippen LogP contribution in [0.3, 0.4) is 0 Å². The lowest BCUT2D eigenvalue weighted by molar-refractivity contribution is -0.136. The van der Waals surface area contributed by atoms with Crippen LogP contribution in [0, 0.1) is 17.0 Å². The number of rotatable bonds is 9. The van der Waals surface area contributed by atoms with Crippen LogP contribution >= 0.6 is 0 Å². The van der Waals surface area contributed by atoms with Gasteiger partial charge in [-0.05, 0) is 60.2 Å². The van der Waals surface area contributed by atoms with Crippen LogP contribution in [0.2, 0.25) is 0 Å². The first-order chi connectivity index (χ1) is 16.0.